The van der Waals surface area contributed by atoms with Crippen LogP contribution in [-0.4, -0.2) is 38.4 Å². The number of nitrogens with one attached hydrogen (secondary N) is 1. The van der Waals surface area contributed by atoms with Gasteiger partial charge in [0.05, 0.1) is 0 Å². The van der Waals surface area contributed by atoms with Crippen molar-refractivity contribution in [3.63, 3.8) is 0 Å². The van der Waals surface area contributed by atoms with Gasteiger partial charge < -0.3 is 5.32 Å². The van der Waals surface area contributed by atoms with Gasteiger partial charge >= 0.3 is 0 Å². The third-order valence-electron chi connectivity index (χ3n) is 2.92. The molecule has 0 amide bonds. The minimum atomic E-state index is -3.30. The van der Waals surface area contributed by atoms with Crippen LogP contribution in [0.2, 0.25) is 0 Å². The summed E-state index contributed by atoms with van der Waals surface area (Å²) in [4.78, 5) is 0. The summed E-state index contributed by atoms with van der Waals surface area (Å²) in [6, 6.07) is 9.65. The van der Waals surface area contributed by atoms with E-state index in [4.69, 9.17) is 0 Å². The van der Waals surface area contributed by atoms with Gasteiger partial charge in [-0.2, -0.15) is 4.31 Å². The van der Waals surface area contributed by atoms with Gasteiger partial charge in [0.2, 0.25) is 10.0 Å². The predicted molar refractivity (Wildman–Crippen MR) is 73.4 cm³/mol. The van der Waals surface area contributed by atoms with Crippen LogP contribution >= 0.6 is 0 Å². The van der Waals surface area contributed by atoms with E-state index in [1.165, 1.54) is 9.71 Å². The van der Waals surface area contributed by atoms with Gasteiger partial charge in [0, 0.05) is 31.1 Å². The Balaban J connectivity index is 2.09. The molecule has 0 saturated carbocycles. The van der Waals surface area contributed by atoms with Gasteiger partial charge in [-0.15, -0.1) is 0 Å². The lowest BCUT2D eigenvalue weighted by Gasteiger charge is -2.29. The number of hydrogen-bond acceptors (Lipinski definition) is 3. The van der Waals surface area contributed by atoms with Crippen LogP contribution < -0.4 is 5.32 Å². The molecule has 2 rings (SSSR count). The van der Waals surface area contributed by atoms with Crippen LogP contribution in [0.3, 0.4) is 0 Å². The molecule has 0 aromatic heterocycles. The van der Waals surface area contributed by atoms with Crippen LogP contribution in [0, 0.1) is 0 Å². The molecule has 1 atom stereocenters. The fourth-order valence-electron chi connectivity index (χ4n) is 1.94. The summed E-state index contributed by atoms with van der Waals surface area (Å²) in [5, 5.41) is 4.52. The first kappa shape index (κ1) is 13.3. The first-order chi connectivity index (χ1) is 8.58. The van der Waals surface area contributed by atoms with Crippen molar-refractivity contribution in [3.05, 3.63) is 41.3 Å². The van der Waals surface area contributed by atoms with Crippen molar-refractivity contribution in [2.75, 3.05) is 19.6 Å². The van der Waals surface area contributed by atoms with Crippen molar-refractivity contribution in [1.29, 1.82) is 0 Å². The van der Waals surface area contributed by atoms with Crippen molar-refractivity contribution in [2.45, 2.75) is 13.0 Å². The van der Waals surface area contributed by atoms with E-state index >= 15 is 0 Å². The number of hydrogen-bond donors (Lipinski definition) is 1. The molecule has 18 heavy (non-hydrogen) atoms. The number of sulfonamides is 1. The minimum absolute atomic E-state index is 0.207. The summed E-state index contributed by atoms with van der Waals surface area (Å²) >= 11 is 0. The van der Waals surface area contributed by atoms with Crippen molar-refractivity contribution < 1.29 is 8.42 Å². The van der Waals surface area contributed by atoms with E-state index in [0.29, 0.717) is 19.6 Å². The Morgan fingerprint density at radius 3 is 2.72 bits per heavy atom. The highest BCUT2D eigenvalue weighted by atomic mass is 32.2. The molecule has 1 fully saturated rings. The molecule has 0 radical (unpaired) electrons. The number of nitrogens with zero attached hydrogens (tertiary/aromatic N) is 1. The lowest BCUT2D eigenvalue weighted by molar-refractivity contribution is 0.313. The van der Waals surface area contributed by atoms with Gasteiger partial charge in [0.15, 0.2) is 0 Å². The second kappa shape index (κ2) is 5.65. The van der Waals surface area contributed by atoms with Crippen molar-refractivity contribution in [2.24, 2.45) is 0 Å². The van der Waals surface area contributed by atoms with Gasteiger partial charge in [0.1, 0.15) is 0 Å². The highest BCUT2D eigenvalue weighted by Gasteiger charge is 2.24. The topological polar surface area (TPSA) is 49.4 Å². The summed E-state index contributed by atoms with van der Waals surface area (Å²) in [6.07, 6.45) is 1.64. The van der Waals surface area contributed by atoms with Crippen molar-refractivity contribution in [3.8, 4) is 0 Å². The summed E-state index contributed by atoms with van der Waals surface area (Å²) in [5.74, 6) is 0. The van der Waals surface area contributed by atoms with E-state index in [1.54, 1.807) is 6.08 Å². The van der Waals surface area contributed by atoms with Gasteiger partial charge in [-0.3, -0.25) is 0 Å². The van der Waals surface area contributed by atoms with Crippen molar-refractivity contribution in [1.82, 2.24) is 9.62 Å². The maximum atomic E-state index is 12.1. The van der Waals surface area contributed by atoms with E-state index in [0.717, 1.165) is 5.56 Å². The molecular weight excluding hydrogens is 248 g/mol. The molecule has 5 heteroatoms. The zero-order chi connectivity index (χ0) is 13.0. The molecular formula is C13H18N2O2S. The molecule has 4 nitrogen and oxygen atoms in total. The number of benzene rings is 1. The minimum Gasteiger partial charge on any atom is -0.312 e. The fraction of sp³-hybridized carbons (Fsp3) is 0.385. The second-order valence-corrected chi connectivity index (χ2v) is 6.29. The number of rotatable bonds is 3. The van der Waals surface area contributed by atoms with Crippen LogP contribution in [0.25, 0.3) is 6.08 Å². The normalized spacial score (nSPS) is 22.4. The zero-order valence-corrected chi connectivity index (χ0v) is 11.2. The fourth-order valence-corrected chi connectivity index (χ4v) is 3.22. The molecule has 1 heterocycles. The molecule has 1 aliphatic rings. The largest absolute Gasteiger partial charge is 0.312 e. The Morgan fingerprint density at radius 1 is 1.33 bits per heavy atom. The molecule has 98 valence electrons. The summed E-state index contributed by atoms with van der Waals surface area (Å²) in [7, 11) is -3.30. The Hall–Kier alpha value is -1.17. The van der Waals surface area contributed by atoms with Crippen LogP contribution in [0.5, 0.6) is 0 Å². The third-order valence-corrected chi connectivity index (χ3v) is 4.45. The second-order valence-electron chi connectivity index (χ2n) is 4.47. The molecule has 1 unspecified atom stereocenters. The smallest absolute Gasteiger partial charge is 0.236 e. The third kappa shape index (κ3) is 3.41. The predicted octanol–water partition coefficient (Wildman–Crippen LogP) is 1.28. The first-order valence-electron chi connectivity index (χ1n) is 6.04. The van der Waals surface area contributed by atoms with Crippen LogP contribution in [0.1, 0.15) is 12.5 Å². The molecule has 1 saturated heterocycles. The monoisotopic (exact) mass is 266 g/mol. The van der Waals surface area contributed by atoms with Crippen LogP contribution in [0.4, 0.5) is 0 Å². The Morgan fingerprint density at radius 2 is 2.06 bits per heavy atom. The maximum absolute atomic E-state index is 12.1. The maximum Gasteiger partial charge on any atom is 0.236 e. The standard InChI is InChI=1S/C13H18N2O2S/c1-12-11-15(9-8-14-12)18(16,17)10-7-13-5-3-2-4-6-13/h2-7,10,12,14H,8-9,11H2,1H3. The molecule has 0 spiro atoms. The average molecular weight is 266 g/mol. The van der Waals surface area contributed by atoms with Gasteiger partial charge in [0.25, 0.3) is 0 Å². The summed E-state index contributed by atoms with van der Waals surface area (Å²) in [6.45, 7) is 3.76. The highest BCUT2D eigenvalue weighted by Crippen LogP contribution is 2.10. The van der Waals surface area contributed by atoms with E-state index in [-0.39, 0.29) is 6.04 Å². The lowest BCUT2D eigenvalue weighted by atomic mass is 10.2. The molecule has 1 N–H and O–H groups in total. The van der Waals surface area contributed by atoms with Gasteiger partial charge in [-0.05, 0) is 18.6 Å². The average Bonchev–Trinajstić information content (AvgIpc) is 2.38. The molecule has 0 aliphatic carbocycles. The summed E-state index contributed by atoms with van der Waals surface area (Å²) < 4.78 is 25.8. The van der Waals surface area contributed by atoms with Gasteiger partial charge in [-0.25, -0.2) is 8.42 Å². The first-order valence-corrected chi connectivity index (χ1v) is 7.55. The Bertz CT molecular complexity index is 511. The quantitative estimate of drug-likeness (QED) is 0.896. The van der Waals surface area contributed by atoms with Crippen molar-refractivity contribution >= 4 is 16.1 Å². The van der Waals surface area contributed by atoms with E-state index in [2.05, 4.69) is 5.32 Å². The summed E-state index contributed by atoms with van der Waals surface area (Å²) in [5.41, 5.74) is 0.893. The SMILES string of the molecule is CC1CN(S(=O)(=O)C=Cc2ccccc2)CCN1. The molecule has 1 aromatic carbocycles. The molecule has 0 bridgehead atoms. The van der Waals surface area contributed by atoms with E-state index in [1.807, 2.05) is 37.3 Å². The van der Waals surface area contributed by atoms with Crippen LogP contribution in [0.15, 0.2) is 35.7 Å². The molecule has 1 aromatic rings. The highest BCUT2D eigenvalue weighted by molar-refractivity contribution is 7.92. The zero-order valence-electron chi connectivity index (χ0n) is 10.4. The Labute approximate surface area is 108 Å². The molecule has 1 aliphatic heterocycles. The van der Waals surface area contributed by atoms with Gasteiger partial charge in [-0.1, -0.05) is 30.3 Å². The van der Waals surface area contributed by atoms with E-state index < -0.39 is 10.0 Å². The van der Waals surface area contributed by atoms with Crippen LogP contribution in [-0.2, 0) is 10.0 Å². The Kier molecular flexibility index (Phi) is 4.16. The number of piperazine rings is 1. The van der Waals surface area contributed by atoms with E-state index in [9.17, 15) is 8.42 Å². The lowest BCUT2D eigenvalue weighted by Crippen LogP contribution is -2.50.